The van der Waals surface area contributed by atoms with E-state index in [9.17, 15) is 0 Å². The molecule has 33 heavy (non-hydrogen) atoms. The van der Waals surface area contributed by atoms with E-state index in [2.05, 4.69) is 30.7 Å². The predicted molar refractivity (Wildman–Crippen MR) is 146 cm³/mol. The summed E-state index contributed by atoms with van der Waals surface area (Å²) in [5.74, 6) is 1.19. The second-order valence-electron chi connectivity index (χ2n) is 7.90. The summed E-state index contributed by atoms with van der Waals surface area (Å²) in [5.41, 5.74) is 9.24. The fourth-order valence-electron chi connectivity index (χ4n) is 3.32. The number of rotatable bonds is 13. The first-order valence-electron chi connectivity index (χ1n) is 12.8. The van der Waals surface area contributed by atoms with Crippen LogP contribution in [0.25, 0.3) is 0 Å². The highest BCUT2D eigenvalue weighted by molar-refractivity contribution is 5.76. The maximum atomic E-state index is 6.92. The molecule has 2 aromatic rings. The minimum absolute atomic E-state index is 0.538. The van der Waals surface area contributed by atoms with Crippen LogP contribution in [0.2, 0.25) is 0 Å². The van der Waals surface area contributed by atoms with Crippen molar-refractivity contribution in [2.75, 3.05) is 30.3 Å². The van der Waals surface area contributed by atoms with Crippen LogP contribution in [0.15, 0.2) is 36.4 Å². The van der Waals surface area contributed by atoms with Crippen LogP contribution in [-0.2, 0) is 0 Å². The quantitative estimate of drug-likeness (QED) is 0.240. The summed E-state index contributed by atoms with van der Waals surface area (Å²) in [6.07, 6.45) is 9.77. The Balaban J connectivity index is 0.000000770. The topological polar surface area (TPSA) is 75.2 Å². The van der Waals surface area contributed by atoms with Gasteiger partial charge in [0.1, 0.15) is 5.82 Å². The third-order valence-electron chi connectivity index (χ3n) is 4.87. The van der Waals surface area contributed by atoms with Crippen LogP contribution in [-0.4, -0.2) is 30.9 Å². The number of nitrogens with zero attached hydrogens (tertiary/aromatic N) is 2. The highest BCUT2D eigenvalue weighted by Gasteiger charge is 2.08. The summed E-state index contributed by atoms with van der Waals surface area (Å²) < 4.78 is 5.80. The van der Waals surface area contributed by atoms with Gasteiger partial charge in [-0.2, -0.15) is 4.98 Å². The molecule has 0 amide bonds. The van der Waals surface area contributed by atoms with Gasteiger partial charge >= 0.3 is 0 Å². The fraction of sp³-hybridized carbons (Fsp3) is 0.571. The predicted octanol–water partition coefficient (Wildman–Crippen LogP) is 7.66. The zero-order chi connectivity index (χ0) is 24.9. The van der Waals surface area contributed by atoms with Crippen LogP contribution in [0.5, 0.6) is 5.88 Å². The zero-order valence-corrected chi connectivity index (χ0v) is 22.0. The minimum atomic E-state index is 0.538. The van der Waals surface area contributed by atoms with Gasteiger partial charge in [0.2, 0.25) is 5.88 Å². The number of aryl methyl sites for hydroxylation is 1. The molecule has 0 saturated heterocycles. The number of unbranched alkanes of at least 4 members (excludes halogenated alkanes) is 4. The molecule has 0 aliphatic heterocycles. The summed E-state index contributed by atoms with van der Waals surface area (Å²) >= 11 is 0. The van der Waals surface area contributed by atoms with Crippen molar-refractivity contribution in [2.45, 2.75) is 86.5 Å². The highest BCUT2D eigenvalue weighted by Crippen LogP contribution is 2.23. The van der Waals surface area contributed by atoms with Crippen molar-refractivity contribution < 1.29 is 4.74 Å². The molecule has 3 N–H and O–H groups in total. The summed E-state index contributed by atoms with van der Waals surface area (Å²) in [6.45, 7) is 15.4. The Kier molecular flexibility index (Phi) is 18.5. The van der Waals surface area contributed by atoms with E-state index in [1.54, 1.807) is 0 Å². The van der Waals surface area contributed by atoms with Gasteiger partial charge in [-0.25, -0.2) is 0 Å². The van der Waals surface area contributed by atoms with Crippen LogP contribution in [0.4, 0.5) is 11.5 Å². The second kappa shape index (κ2) is 20.1. The van der Waals surface area contributed by atoms with Crippen LogP contribution >= 0.6 is 0 Å². The van der Waals surface area contributed by atoms with E-state index in [-0.39, 0.29) is 0 Å². The lowest BCUT2D eigenvalue weighted by Crippen LogP contribution is -2.25. The van der Waals surface area contributed by atoms with Crippen LogP contribution in [0.3, 0.4) is 0 Å². The molecule has 2 rings (SSSR count). The average molecular weight is 457 g/mol. The molecule has 5 nitrogen and oxygen atoms in total. The van der Waals surface area contributed by atoms with Gasteiger partial charge in [0, 0.05) is 37.1 Å². The lowest BCUT2D eigenvalue weighted by Gasteiger charge is -2.24. The van der Waals surface area contributed by atoms with E-state index in [1.807, 2.05) is 57.2 Å². The minimum Gasteiger partial charge on any atom is -0.478 e. The molecule has 1 heterocycles. The van der Waals surface area contributed by atoms with Crippen molar-refractivity contribution in [1.82, 2.24) is 4.98 Å². The number of ether oxygens (including phenoxy) is 1. The molecule has 1 aromatic carbocycles. The molecule has 0 aliphatic rings. The number of nitrogens with one attached hydrogen (secondary N) is 1. The Hall–Kier alpha value is -2.56. The molecule has 0 bridgehead atoms. The lowest BCUT2D eigenvalue weighted by atomic mass is 10.2. The SMILES string of the molecule is CC.CCCCCCCOc1cc(N(CCC)CCC)cc(N)n1.Cc1cccc(C=N)c1. The van der Waals surface area contributed by atoms with Gasteiger partial charge in [0.05, 0.1) is 6.61 Å². The normalized spacial score (nSPS) is 9.76. The Bertz CT molecular complexity index is 742. The molecule has 0 unspecified atom stereocenters. The molecule has 0 radical (unpaired) electrons. The van der Waals surface area contributed by atoms with Crippen LogP contribution in [0, 0.1) is 12.3 Å². The lowest BCUT2D eigenvalue weighted by molar-refractivity contribution is 0.294. The standard InChI is InChI=1S/C18H33N3O.C8H9N.C2H6/c1-4-7-8-9-10-13-22-18-15-16(14-17(19)20-18)21(11-5-2)12-6-3;1-7-3-2-4-8(5-7)6-9;1-2/h14-15H,4-13H2,1-3H3,(H2,19,20);2-6,9H,1H3;1-2H3. The number of anilines is 2. The monoisotopic (exact) mass is 456 g/mol. The molecule has 0 saturated carbocycles. The van der Waals surface area contributed by atoms with E-state index in [0.717, 1.165) is 50.2 Å². The third-order valence-corrected chi connectivity index (χ3v) is 4.87. The van der Waals surface area contributed by atoms with Gasteiger partial charge in [-0.05, 0) is 31.7 Å². The highest BCUT2D eigenvalue weighted by atomic mass is 16.5. The molecular weight excluding hydrogens is 408 g/mol. The molecule has 5 heteroatoms. The first kappa shape index (κ1) is 30.4. The number of hydrogen-bond acceptors (Lipinski definition) is 5. The first-order valence-corrected chi connectivity index (χ1v) is 12.8. The van der Waals surface area contributed by atoms with Crippen molar-refractivity contribution in [2.24, 2.45) is 0 Å². The number of nitrogens with two attached hydrogens (primary N) is 1. The Morgan fingerprint density at radius 2 is 1.61 bits per heavy atom. The van der Waals surface area contributed by atoms with Crippen LogP contribution in [0.1, 0.15) is 90.7 Å². The van der Waals surface area contributed by atoms with Crippen molar-refractivity contribution in [1.29, 1.82) is 5.41 Å². The summed E-state index contributed by atoms with van der Waals surface area (Å²) in [4.78, 5) is 6.65. The van der Waals surface area contributed by atoms with E-state index < -0.39 is 0 Å². The maximum absolute atomic E-state index is 6.92. The molecule has 186 valence electrons. The van der Waals surface area contributed by atoms with Gasteiger partial charge < -0.3 is 20.8 Å². The molecule has 0 aliphatic carbocycles. The van der Waals surface area contributed by atoms with E-state index >= 15 is 0 Å². The fourth-order valence-corrected chi connectivity index (χ4v) is 3.32. The van der Waals surface area contributed by atoms with Crippen LogP contribution < -0.4 is 15.4 Å². The average Bonchev–Trinajstić information content (AvgIpc) is 2.82. The molecule has 1 aromatic heterocycles. The smallest absolute Gasteiger partial charge is 0.217 e. The molecule has 0 atom stereocenters. The van der Waals surface area contributed by atoms with Crippen molar-refractivity contribution in [3.8, 4) is 5.88 Å². The molecular formula is C28H48N4O. The number of aromatic nitrogens is 1. The Labute approximate surface area is 203 Å². The maximum Gasteiger partial charge on any atom is 0.217 e. The van der Waals surface area contributed by atoms with E-state index in [0.29, 0.717) is 11.7 Å². The molecule has 0 spiro atoms. The largest absolute Gasteiger partial charge is 0.478 e. The first-order chi connectivity index (χ1) is 16.0. The van der Waals surface area contributed by atoms with Gasteiger partial charge in [0.25, 0.3) is 0 Å². The number of pyridine rings is 1. The van der Waals surface area contributed by atoms with Crippen molar-refractivity contribution >= 4 is 17.7 Å². The van der Waals surface area contributed by atoms with Crippen molar-refractivity contribution in [3.63, 3.8) is 0 Å². The van der Waals surface area contributed by atoms with Crippen molar-refractivity contribution in [3.05, 3.63) is 47.5 Å². The van der Waals surface area contributed by atoms with Gasteiger partial charge in [0.15, 0.2) is 0 Å². The number of hydrogen-bond donors (Lipinski definition) is 2. The van der Waals surface area contributed by atoms with Gasteiger partial charge in [-0.3, -0.25) is 0 Å². The number of benzene rings is 1. The van der Waals surface area contributed by atoms with Gasteiger partial charge in [-0.1, -0.05) is 90.1 Å². The van der Waals surface area contributed by atoms with Gasteiger partial charge in [-0.15, -0.1) is 0 Å². The summed E-state index contributed by atoms with van der Waals surface area (Å²) in [7, 11) is 0. The van der Waals surface area contributed by atoms with E-state index in [1.165, 1.54) is 37.5 Å². The number of nitrogen functional groups attached to an aromatic ring is 1. The summed E-state index contributed by atoms with van der Waals surface area (Å²) in [6, 6.07) is 11.8. The Morgan fingerprint density at radius 3 is 2.15 bits per heavy atom. The second-order valence-corrected chi connectivity index (χ2v) is 7.90. The van der Waals surface area contributed by atoms with E-state index in [4.69, 9.17) is 15.9 Å². The Morgan fingerprint density at radius 1 is 0.939 bits per heavy atom. The summed E-state index contributed by atoms with van der Waals surface area (Å²) in [5, 5.41) is 6.92. The zero-order valence-electron chi connectivity index (χ0n) is 22.0. The third kappa shape index (κ3) is 14.3. The molecule has 0 fully saturated rings.